The zero-order valence-corrected chi connectivity index (χ0v) is 12.2. The molecule has 7 heteroatoms. The Balaban J connectivity index is 2.17. The van der Waals surface area contributed by atoms with Gasteiger partial charge in [-0.1, -0.05) is 0 Å². The second kappa shape index (κ2) is 5.53. The van der Waals surface area contributed by atoms with Gasteiger partial charge in [-0.15, -0.1) is 11.3 Å². The van der Waals surface area contributed by atoms with E-state index in [2.05, 4.69) is 14.3 Å². The second-order valence-corrected chi connectivity index (χ2v) is 5.68. The number of hydrogen-bond acceptors (Lipinski definition) is 7. The molecule has 2 aromatic rings. The molecule has 0 amide bonds. The van der Waals surface area contributed by atoms with Gasteiger partial charge in [0.15, 0.2) is 16.6 Å². The molecule has 2 heterocycles. The Bertz CT molecular complexity index is 495. The van der Waals surface area contributed by atoms with E-state index in [9.17, 15) is 0 Å². The Morgan fingerprint density at radius 3 is 2.89 bits per heavy atom. The van der Waals surface area contributed by atoms with E-state index in [1.165, 1.54) is 11.5 Å². The largest absolute Gasteiger partial charge is 0.484 e. The van der Waals surface area contributed by atoms with Gasteiger partial charge >= 0.3 is 0 Å². The minimum atomic E-state index is 0.0788. The maximum Gasteiger partial charge on any atom is 0.198 e. The lowest BCUT2D eigenvalue weighted by molar-refractivity contribution is 0.245. The normalized spacial score (nSPS) is 10.9. The molecule has 0 bridgehead atoms. The summed E-state index contributed by atoms with van der Waals surface area (Å²) in [5, 5.41) is 2.97. The number of nitrogens with zero attached hydrogens (tertiary/aromatic N) is 3. The molecule has 0 saturated carbocycles. The maximum absolute atomic E-state index is 5.83. The van der Waals surface area contributed by atoms with Gasteiger partial charge < -0.3 is 15.4 Å². The van der Waals surface area contributed by atoms with E-state index < -0.39 is 0 Å². The third-order valence-electron chi connectivity index (χ3n) is 2.24. The molecule has 0 unspecified atom stereocenters. The van der Waals surface area contributed by atoms with Gasteiger partial charge in [0.05, 0.1) is 23.9 Å². The molecule has 0 fully saturated rings. The fourth-order valence-electron chi connectivity index (χ4n) is 1.50. The van der Waals surface area contributed by atoms with Crippen molar-refractivity contribution in [3.05, 3.63) is 16.6 Å². The highest BCUT2D eigenvalue weighted by atomic mass is 32.1. The van der Waals surface area contributed by atoms with Gasteiger partial charge in [0, 0.05) is 12.4 Å². The summed E-state index contributed by atoms with van der Waals surface area (Å²) in [5.74, 6) is 1.13. The van der Waals surface area contributed by atoms with Crippen LogP contribution in [0.25, 0.3) is 0 Å². The topological polar surface area (TPSA) is 64.3 Å². The second-order valence-electron chi connectivity index (χ2n) is 4.20. The zero-order chi connectivity index (χ0) is 13.1. The number of aromatic nitrogens is 2. The number of rotatable bonds is 5. The van der Waals surface area contributed by atoms with Crippen LogP contribution in [0.1, 0.15) is 19.5 Å². The van der Waals surface area contributed by atoms with Gasteiger partial charge in [-0.05, 0) is 25.4 Å². The molecule has 0 saturated heterocycles. The highest BCUT2D eigenvalue weighted by Gasteiger charge is 2.18. The summed E-state index contributed by atoms with van der Waals surface area (Å²) in [6.45, 7) is 4.67. The fourth-order valence-corrected chi connectivity index (χ4v) is 2.76. The van der Waals surface area contributed by atoms with Crippen LogP contribution in [-0.2, 0) is 6.54 Å². The molecule has 0 radical (unpaired) electrons. The molecule has 0 aliphatic rings. The van der Waals surface area contributed by atoms with Crippen LogP contribution in [0.5, 0.6) is 5.75 Å². The summed E-state index contributed by atoms with van der Waals surface area (Å²) in [4.78, 5) is 6.32. The average Bonchev–Trinajstić information content (AvgIpc) is 2.90. The Morgan fingerprint density at radius 1 is 1.50 bits per heavy atom. The lowest BCUT2D eigenvalue weighted by atomic mass is 10.4. The van der Waals surface area contributed by atoms with Gasteiger partial charge in [-0.2, -0.15) is 4.37 Å². The van der Waals surface area contributed by atoms with E-state index in [0.717, 1.165) is 17.2 Å². The molecule has 0 aromatic carbocycles. The van der Waals surface area contributed by atoms with Crippen LogP contribution in [0.2, 0.25) is 0 Å². The van der Waals surface area contributed by atoms with E-state index >= 15 is 0 Å². The average molecular weight is 284 g/mol. The maximum atomic E-state index is 5.83. The van der Waals surface area contributed by atoms with Gasteiger partial charge in [0.1, 0.15) is 0 Å². The van der Waals surface area contributed by atoms with Gasteiger partial charge in [-0.25, -0.2) is 4.98 Å². The SMILES string of the molecule is CC(C)Oc1c(N)nsc1N(C)Cc1cscn1. The van der Waals surface area contributed by atoms with Crippen LogP contribution < -0.4 is 15.4 Å². The van der Waals surface area contributed by atoms with Crippen molar-refractivity contribution in [3.8, 4) is 5.75 Å². The van der Waals surface area contributed by atoms with Crippen LogP contribution in [0.4, 0.5) is 10.8 Å². The molecule has 0 aliphatic carbocycles. The van der Waals surface area contributed by atoms with Gasteiger partial charge in [-0.3, -0.25) is 0 Å². The molecule has 2 rings (SSSR count). The fraction of sp³-hybridized carbons (Fsp3) is 0.455. The Kier molecular flexibility index (Phi) is 4.03. The van der Waals surface area contributed by atoms with Crippen molar-refractivity contribution in [1.29, 1.82) is 0 Å². The van der Waals surface area contributed by atoms with E-state index in [1.54, 1.807) is 11.3 Å². The van der Waals surface area contributed by atoms with Crippen LogP contribution in [0, 0.1) is 0 Å². The van der Waals surface area contributed by atoms with Crippen molar-refractivity contribution < 1.29 is 4.74 Å². The molecular weight excluding hydrogens is 268 g/mol. The number of nitrogens with two attached hydrogens (primary N) is 1. The molecule has 5 nitrogen and oxygen atoms in total. The van der Waals surface area contributed by atoms with Crippen molar-refractivity contribution in [2.24, 2.45) is 0 Å². The molecular formula is C11H16N4OS2. The number of anilines is 2. The summed E-state index contributed by atoms with van der Waals surface area (Å²) >= 11 is 2.94. The summed E-state index contributed by atoms with van der Waals surface area (Å²) < 4.78 is 9.87. The standard InChI is InChI=1S/C11H16N4OS2/c1-7(2)16-9-10(12)14-18-11(9)15(3)4-8-5-17-6-13-8/h5-7H,4H2,1-3H3,(H2,12,14). The zero-order valence-electron chi connectivity index (χ0n) is 10.6. The highest BCUT2D eigenvalue weighted by Crippen LogP contribution is 2.38. The summed E-state index contributed by atoms with van der Waals surface area (Å²) in [6, 6.07) is 0. The molecule has 0 spiro atoms. The minimum absolute atomic E-state index is 0.0788. The number of ether oxygens (including phenoxy) is 1. The number of nitrogen functional groups attached to an aromatic ring is 1. The van der Waals surface area contributed by atoms with Crippen LogP contribution >= 0.6 is 22.9 Å². The Labute approximate surface area is 114 Å². The number of thiazole rings is 1. The van der Waals surface area contributed by atoms with E-state index in [1.807, 2.05) is 31.8 Å². The third kappa shape index (κ3) is 2.91. The molecule has 18 heavy (non-hydrogen) atoms. The minimum Gasteiger partial charge on any atom is -0.484 e. The van der Waals surface area contributed by atoms with Crippen LogP contribution in [-0.4, -0.2) is 22.5 Å². The van der Waals surface area contributed by atoms with Crippen molar-refractivity contribution in [3.63, 3.8) is 0 Å². The van der Waals surface area contributed by atoms with Crippen molar-refractivity contribution in [2.45, 2.75) is 26.5 Å². The van der Waals surface area contributed by atoms with Gasteiger partial charge in [0.2, 0.25) is 0 Å². The highest BCUT2D eigenvalue weighted by molar-refractivity contribution is 7.11. The molecule has 0 atom stereocenters. The molecule has 98 valence electrons. The lowest BCUT2D eigenvalue weighted by Gasteiger charge is -2.18. The molecule has 2 aromatic heterocycles. The first-order chi connectivity index (χ1) is 8.58. The first kappa shape index (κ1) is 13.1. The van der Waals surface area contributed by atoms with Crippen molar-refractivity contribution in [2.75, 3.05) is 17.7 Å². The number of hydrogen-bond donors (Lipinski definition) is 1. The summed E-state index contributed by atoms with van der Waals surface area (Å²) in [5.41, 5.74) is 8.70. The van der Waals surface area contributed by atoms with Crippen molar-refractivity contribution >= 4 is 33.7 Å². The van der Waals surface area contributed by atoms with Crippen molar-refractivity contribution in [1.82, 2.24) is 9.36 Å². The monoisotopic (exact) mass is 284 g/mol. The molecule has 0 aliphatic heterocycles. The van der Waals surface area contributed by atoms with Gasteiger partial charge in [0.25, 0.3) is 0 Å². The van der Waals surface area contributed by atoms with Crippen LogP contribution in [0.15, 0.2) is 10.9 Å². The summed E-state index contributed by atoms with van der Waals surface area (Å²) in [6.07, 6.45) is 0.0788. The summed E-state index contributed by atoms with van der Waals surface area (Å²) in [7, 11) is 1.99. The predicted molar refractivity (Wildman–Crippen MR) is 76.5 cm³/mol. The first-order valence-corrected chi connectivity index (χ1v) is 7.29. The predicted octanol–water partition coefficient (Wildman–Crippen LogP) is 2.61. The quantitative estimate of drug-likeness (QED) is 0.914. The van der Waals surface area contributed by atoms with E-state index in [-0.39, 0.29) is 6.10 Å². The molecule has 2 N–H and O–H groups in total. The Morgan fingerprint density at radius 2 is 2.28 bits per heavy atom. The first-order valence-electron chi connectivity index (χ1n) is 5.58. The third-order valence-corrected chi connectivity index (χ3v) is 3.83. The van der Waals surface area contributed by atoms with E-state index in [0.29, 0.717) is 11.6 Å². The van der Waals surface area contributed by atoms with Crippen LogP contribution in [0.3, 0.4) is 0 Å². The smallest absolute Gasteiger partial charge is 0.198 e. The lowest BCUT2D eigenvalue weighted by Crippen LogP contribution is -2.17. The Hall–Kier alpha value is -1.34. The van der Waals surface area contributed by atoms with E-state index in [4.69, 9.17) is 10.5 Å².